The molecule has 0 aliphatic carbocycles. The Kier molecular flexibility index (Phi) is 6.56. The zero-order valence-corrected chi connectivity index (χ0v) is 16.2. The minimum Gasteiger partial charge on any atom is -0.383 e. The van der Waals surface area contributed by atoms with Gasteiger partial charge in [-0.25, -0.2) is 9.78 Å². The first-order valence-corrected chi connectivity index (χ1v) is 8.88. The molecular weight excluding hydrogens is 404 g/mol. The standard InChI is InChI=1S/C16H21BrN6O3/c1-3-4-7-23-14(18)13(15(25)21-16(23)26)22(2)9-12(24)20-11-6-5-10(17)8-19-11/h5-6,8H,3-4,7,9,18H2,1-2H3,(H,19,20,24)(H,21,25,26). The number of likely N-dealkylation sites (N-methyl/N-ethyl adjacent to an activating group) is 1. The highest BCUT2D eigenvalue weighted by Crippen LogP contribution is 2.16. The Bertz CT molecular complexity index is 890. The highest BCUT2D eigenvalue weighted by molar-refractivity contribution is 9.10. The Morgan fingerprint density at radius 1 is 1.42 bits per heavy atom. The summed E-state index contributed by atoms with van der Waals surface area (Å²) in [5.41, 5.74) is 4.93. The second-order valence-electron chi connectivity index (χ2n) is 5.76. The van der Waals surface area contributed by atoms with E-state index in [-0.39, 0.29) is 24.0 Å². The third-order valence-electron chi connectivity index (χ3n) is 3.71. The molecular formula is C16H21BrN6O3. The van der Waals surface area contributed by atoms with E-state index >= 15 is 0 Å². The second-order valence-corrected chi connectivity index (χ2v) is 6.68. The van der Waals surface area contributed by atoms with Crippen LogP contribution in [0.3, 0.4) is 0 Å². The van der Waals surface area contributed by atoms with Crippen LogP contribution >= 0.6 is 15.9 Å². The Morgan fingerprint density at radius 3 is 2.77 bits per heavy atom. The molecule has 0 unspecified atom stereocenters. The SMILES string of the molecule is CCCCn1c(N)c(N(C)CC(=O)Nc2ccc(Br)cn2)c(=O)[nH]c1=O. The molecule has 2 heterocycles. The fraction of sp³-hybridized carbons (Fsp3) is 0.375. The fourth-order valence-corrected chi connectivity index (χ4v) is 2.65. The molecule has 9 nitrogen and oxygen atoms in total. The molecule has 26 heavy (non-hydrogen) atoms. The molecule has 4 N–H and O–H groups in total. The van der Waals surface area contributed by atoms with Gasteiger partial charge in [-0.1, -0.05) is 13.3 Å². The number of nitrogens with one attached hydrogen (secondary N) is 2. The van der Waals surface area contributed by atoms with E-state index in [4.69, 9.17) is 5.73 Å². The Morgan fingerprint density at radius 2 is 2.15 bits per heavy atom. The average Bonchev–Trinajstić information content (AvgIpc) is 2.56. The van der Waals surface area contributed by atoms with Crippen molar-refractivity contribution in [2.45, 2.75) is 26.3 Å². The van der Waals surface area contributed by atoms with Crippen LogP contribution < -0.4 is 27.2 Å². The lowest BCUT2D eigenvalue weighted by molar-refractivity contribution is -0.114. The molecule has 0 saturated carbocycles. The first-order valence-electron chi connectivity index (χ1n) is 8.08. The summed E-state index contributed by atoms with van der Waals surface area (Å²) >= 11 is 3.27. The Labute approximate surface area is 158 Å². The molecule has 2 rings (SSSR count). The maximum absolute atomic E-state index is 12.2. The van der Waals surface area contributed by atoms with Crippen molar-refractivity contribution in [2.24, 2.45) is 0 Å². The Hall–Kier alpha value is -2.62. The van der Waals surface area contributed by atoms with Crippen LogP contribution in [-0.2, 0) is 11.3 Å². The summed E-state index contributed by atoms with van der Waals surface area (Å²) in [6, 6.07) is 3.40. The molecule has 0 aromatic carbocycles. The minimum atomic E-state index is -0.627. The van der Waals surface area contributed by atoms with Crippen molar-refractivity contribution in [3.05, 3.63) is 43.6 Å². The number of rotatable bonds is 7. The number of anilines is 3. The largest absolute Gasteiger partial charge is 0.383 e. The maximum Gasteiger partial charge on any atom is 0.330 e. The summed E-state index contributed by atoms with van der Waals surface area (Å²) in [6.07, 6.45) is 3.18. The van der Waals surface area contributed by atoms with E-state index < -0.39 is 11.2 Å². The van der Waals surface area contributed by atoms with Crippen LogP contribution in [0.2, 0.25) is 0 Å². The lowest BCUT2D eigenvalue weighted by atomic mass is 10.3. The predicted molar refractivity (Wildman–Crippen MR) is 104 cm³/mol. The molecule has 2 aromatic heterocycles. The minimum absolute atomic E-state index is 0.0456. The number of aromatic nitrogens is 3. The van der Waals surface area contributed by atoms with Crippen LogP contribution in [0.25, 0.3) is 0 Å². The van der Waals surface area contributed by atoms with Gasteiger partial charge in [-0.2, -0.15) is 0 Å². The molecule has 0 aliphatic rings. The van der Waals surface area contributed by atoms with Crippen molar-refractivity contribution in [1.29, 1.82) is 0 Å². The van der Waals surface area contributed by atoms with Gasteiger partial charge in [0.2, 0.25) is 5.91 Å². The molecule has 0 saturated heterocycles. The van der Waals surface area contributed by atoms with Crippen molar-refractivity contribution in [3.63, 3.8) is 0 Å². The van der Waals surface area contributed by atoms with Gasteiger partial charge in [-0.05, 0) is 34.5 Å². The van der Waals surface area contributed by atoms with Gasteiger partial charge in [0, 0.05) is 24.3 Å². The number of nitrogen functional groups attached to an aromatic ring is 1. The van der Waals surface area contributed by atoms with Gasteiger partial charge in [0.15, 0.2) is 0 Å². The molecule has 0 spiro atoms. The Balaban J connectivity index is 2.19. The number of H-pyrrole nitrogens is 1. The zero-order valence-electron chi connectivity index (χ0n) is 14.6. The zero-order chi connectivity index (χ0) is 19.3. The van der Waals surface area contributed by atoms with Gasteiger partial charge in [0.25, 0.3) is 5.56 Å². The first kappa shape index (κ1) is 19.7. The molecule has 10 heteroatoms. The van der Waals surface area contributed by atoms with E-state index in [1.807, 2.05) is 6.92 Å². The van der Waals surface area contributed by atoms with Crippen LogP contribution in [0.15, 0.2) is 32.4 Å². The molecule has 0 atom stereocenters. The molecule has 2 aromatic rings. The smallest absolute Gasteiger partial charge is 0.330 e. The quantitative estimate of drug-likeness (QED) is 0.611. The van der Waals surface area contributed by atoms with Crippen LogP contribution in [-0.4, -0.2) is 34.0 Å². The van der Waals surface area contributed by atoms with E-state index in [1.165, 1.54) is 9.47 Å². The van der Waals surface area contributed by atoms with Crippen molar-refractivity contribution >= 4 is 39.2 Å². The highest BCUT2D eigenvalue weighted by atomic mass is 79.9. The summed E-state index contributed by atoms with van der Waals surface area (Å²) in [5.74, 6) is 0.0677. The molecule has 0 bridgehead atoms. The van der Waals surface area contributed by atoms with E-state index in [2.05, 4.69) is 31.2 Å². The molecule has 0 aliphatic heterocycles. The number of aromatic amines is 1. The van der Waals surface area contributed by atoms with E-state index in [1.54, 1.807) is 25.4 Å². The number of nitrogens with two attached hydrogens (primary N) is 1. The lowest BCUT2D eigenvalue weighted by Crippen LogP contribution is -2.39. The van der Waals surface area contributed by atoms with Gasteiger partial charge >= 0.3 is 5.69 Å². The summed E-state index contributed by atoms with van der Waals surface area (Å²) in [7, 11) is 1.56. The van der Waals surface area contributed by atoms with Crippen LogP contribution in [0.5, 0.6) is 0 Å². The maximum atomic E-state index is 12.2. The van der Waals surface area contributed by atoms with E-state index in [0.29, 0.717) is 12.4 Å². The third kappa shape index (κ3) is 4.72. The summed E-state index contributed by atoms with van der Waals surface area (Å²) < 4.78 is 2.10. The highest BCUT2D eigenvalue weighted by Gasteiger charge is 2.18. The average molecular weight is 425 g/mol. The van der Waals surface area contributed by atoms with Crippen molar-refractivity contribution < 1.29 is 4.79 Å². The number of halogens is 1. The number of carbonyl (C=O) groups excluding carboxylic acids is 1. The molecule has 1 amide bonds. The van der Waals surface area contributed by atoms with Crippen LogP contribution in [0.1, 0.15) is 19.8 Å². The number of nitrogens with zero attached hydrogens (tertiary/aromatic N) is 3. The van der Waals surface area contributed by atoms with Crippen molar-refractivity contribution in [2.75, 3.05) is 29.5 Å². The second kappa shape index (κ2) is 8.65. The first-order chi connectivity index (χ1) is 12.3. The van der Waals surface area contributed by atoms with E-state index in [9.17, 15) is 14.4 Å². The van der Waals surface area contributed by atoms with Crippen molar-refractivity contribution in [1.82, 2.24) is 14.5 Å². The lowest BCUT2D eigenvalue weighted by Gasteiger charge is -2.21. The van der Waals surface area contributed by atoms with Gasteiger partial charge < -0.3 is 16.0 Å². The van der Waals surface area contributed by atoms with Crippen LogP contribution in [0, 0.1) is 0 Å². The van der Waals surface area contributed by atoms with Gasteiger partial charge in [0.1, 0.15) is 17.3 Å². The summed E-state index contributed by atoms with van der Waals surface area (Å²) in [4.78, 5) is 44.0. The number of hydrogen-bond donors (Lipinski definition) is 3. The molecule has 0 radical (unpaired) electrons. The predicted octanol–water partition coefficient (Wildman–Crippen LogP) is 1.15. The number of carbonyl (C=O) groups is 1. The monoisotopic (exact) mass is 424 g/mol. The third-order valence-corrected chi connectivity index (χ3v) is 4.18. The number of unbranched alkanes of at least 4 members (excludes halogenated alkanes) is 1. The summed E-state index contributed by atoms with van der Waals surface area (Å²) in [5, 5.41) is 2.63. The fourth-order valence-electron chi connectivity index (χ4n) is 2.41. The molecule has 140 valence electrons. The van der Waals surface area contributed by atoms with Crippen molar-refractivity contribution in [3.8, 4) is 0 Å². The summed E-state index contributed by atoms with van der Waals surface area (Å²) in [6.45, 7) is 2.26. The van der Waals surface area contributed by atoms with Gasteiger partial charge in [-0.15, -0.1) is 0 Å². The normalized spacial score (nSPS) is 10.6. The van der Waals surface area contributed by atoms with Gasteiger partial charge in [0.05, 0.1) is 6.54 Å². The number of pyridine rings is 1. The number of hydrogen-bond acceptors (Lipinski definition) is 6. The molecule has 0 fully saturated rings. The van der Waals surface area contributed by atoms with E-state index in [0.717, 1.165) is 17.3 Å². The van der Waals surface area contributed by atoms with Crippen LogP contribution in [0.4, 0.5) is 17.3 Å². The van der Waals surface area contributed by atoms with Gasteiger partial charge in [-0.3, -0.25) is 19.1 Å². The topological polar surface area (TPSA) is 126 Å². The number of amides is 1.